The van der Waals surface area contributed by atoms with Crippen molar-refractivity contribution >= 4 is 28.4 Å². The summed E-state index contributed by atoms with van der Waals surface area (Å²) in [5.41, 5.74) is -1.06. The first-order chi connectivity index (χ1) is 6.67. The Morgan fingerprint density at radius 1 is 1.36 bits per heavy atom. The van der Waals surface area contributed by atoms with E-state index in [0.29, 0.717) is 29.5 Å². The molecule has 6 saturated carbocycles. The second-order valence-electron chi connectivity index (χ2n) is 5.88. The molecule has 0 unspecified atom stereocenters. The summed E-state index contributed by atoms with van der Waals surface area (Å²) in [4.78, 5) is 12.0. The summed E-state index contributed by atoms with van der Waals surface area (Å²) in [6, 6.07) is 0. The van der Waals surface area contributed by atoms with Gasteiger partial charge in [0.1, 0.15) is 11.5 Å². The van der Waals surface area contributed by atoms with E-state index in [0.717, 1.165) is 0 Å². The molecule has 0 aromatic heterocycles. The molecule has 6 aliphatic carbocycles. The van der Waals surface area contributed by atoms with Crippen LogP contribution in [0.25, 0.3) is 0 Å². The minimum Gasteiger partial charge on any atom is -0.299 e. The molecule has 9 atom stereocenters. The second-order valence-corrected chi connectivity index (χ2v) is 7.22. The van der Waals surface area contributed by atoms with Gasteiger partial charge in [-0.15, -0.1) is 0 Å². The molecule has 6 bridgehead atoms. The van der Waals surface area contributed by atoms with Crippen LogP contribution >= 0.6 is 22.6 Å². The first-order valence-corrected chi connectivity index (χ1v) is 6.78. The maximum absolute atomic E-state index is 14.9. The normalized spacial score (nSPS) is 80.3. The van der Waals surface area contributed by atoms with Crippen LogP contribution in [0.5, 0.6) is 0 Å². The molecule has 1 nitrogen and oxygen atoms in total. The quantitative estimate of drug-likeness (QED) is 0.493. The zero-order valence-corrected chi connectivity index (χ0v) is 9.65. The zero-order chi connectivity index (χ0) is 9.40. The molecule has 0 aliphatic heterocycles. The number of alkyl halides is 2. The average molecular weight is 304 g/mol. The van der Waals surface area contributed by atoms with Gasteiger partial charge in [0.2, 0.25) is 0 Å². The number of rotatable bonds is 0. The number of carbonyl (C=O) groups is 1. The molecule has 0 spiro atoms. The van der Waals surface area contributed by atoms with Crippen molar-refractivity contribution < 1.29 is 9.18 Å². The van der Waals surface area contributed by atoms with E-state index in [1.54, 1.807) is 0 Å². The van der Waals surface area contributed by atoms with Crippen LogP contribution < -0.4 is 0 Å². The largest absolute Gasteiger partial charge is 0.299 e. The van der Waals surface area contributed by atoms with Crippen molar-refractivity contribution in [3.05, 3.63) is 0 Å². The summed E-state index contributed by atoms with van der Waals surface area (Å²) in [6.07, 6.45) is 1.18. The summed E-state index contributed by atoms with van der Waals surface area (Å²) < 4.78 is 15.1. The van der Waals surface area contributed by atoms with Crippen molar-refractivity contribution in [3.63, 3.8) is 0 Å². The molecular weight excluding hydrogens is 294 g/mol. The van der Waals surface area contributed by atoms with Crippen molar-refractivity contribution in [3.8, 4) is 0 Å². The topological polar surface area (TPSA) is 17.1 Å². The number of hydrogen-bond donors (Lipinski definition) is 0. The molecular formula is C11H10FIO. The van der Waals surface area contributed by atoms with Gasteiger partial charge in [-0.05, 0) is 30.1 Å². The Bertz CT molecular complexity index is 395. The fourth-order valence-corrected chi connectivity index (χ4v) is 7.96. The lowest BCUT2D eigenvalue weighted by Gasteiger charge is -2.35. The van der Waals surface area contributed by atoms with Crippen LogP contribution in [0.1, 0.15) is 6.42 Å². The highest BCUT2D eigenvalue weighted by molar-refractivity contribution is 14.1. The standard InChI is InChI=1S/C11H10FIO/c12-11-7-3-1-2-4(5(3)10(11)13)8(11)9(14)6(2)7/h2-8,10H,1H2/t2-,3-,4+,5-,6-,7-,8+,10+,11+/m0/s1. The SMILES string of the molecule is O=C1[C@H]2[C@H]3C[C@H]4[C@H]5[C@@H]3[C@H]1[C@](F)([C@@H]42)[C@@H]5I. The van der Waals surface area contributed by atoms with E-state index in [9.17, 15) is 9.18 Å². The van der Waals surface area contributed by atoms with Gasteiger partial charge in [-0.3, -0.25) is 4.79 Å². The van der Waals surface area contributed by atoms with Gasteiger partial charge in [0, 0.05) is 15.8 Å². The maximum atomic E-state index is 14.9. The highest BCUT2D eigenvalue weighted by atomic mass is 127. The molecule has 0 saturated heterocycles. The van der Waals surface area contributed by atoms with Gasteiger partial charge < -0.3 is 0 Å². The summed E-state index contributed by atoms with van der Waals surface area (Å²) >= 11 is 2.30. The van der Waals surface area contributed by atoms with Crippen LogP contribution in [0.15, 0.2) is 0 Å². The number of Topliss-reactive ketones (excluding diaryl/α,β-unsaturated/α-hetero) is 1. The van der Waals surface area contributed by atoms with E-state index in [2.05, 4.69) is 22.6 Å². The molecule has 6 rings (SSSR count). The lowest BCUT2D eigenvalue weighted by atomic mass is 9.70. The van der Waals surface area contributed by atoms with Gasteiger partial charge >= 0.3 is 0 Å². The Morgan fingerprint density at radius 3 is 2.86 bits per heavy atom. The molecule has 74 valence electrons. The van der Waals surface area contributed by atoms with E-state index >= 15 is 0 Å². The van der Waals surface area contributed by atoms with Crippen LogP contribution in [0.2, 0.25) is 0 Å². The van der Waals surface area contributed by atoms with Crippen molar-refractivity contribution in [2.45, 2.75) is 16.0 Å². The third kappa shape index (κ3) is 0.407. The van der Waals surface area contributed by atoms with E-state index in [4.69, 9.17) is 0 Å². The third-order valence-corrected chi connectivity index (χ3v) is 7.84. The Morgan fingerprint density at radius 2 is 2.14 bits per heavy atom. The van der Waals surface area contributed by atoms with Crippen molar-refractivity contribution in [2.75, 3.05) is 0 Å². The summed E-state index contributed by atoms with van der Waals surface area (Å²) in [7, 11) is 0. The molecule has 0 aromatic rings. The zero-order valence-electron chi connectivity index (χ0n) is 7.49. The maximum Gasteiger partial charge on any atom is 0.143 e. The lowest BCUT2D eigenvalue weighted by Crippen LogP contribution is -2.42. The van der Waals surface area contributed by atoms with Crippen LogP contribution in [-0.4, -0.2) is 15.4 Å². The molecule has 0 amide bonds. The van der Waals surface area contributed by atoms with E-state index in [1.807, 2.05) is 0 Å². The van der Waals surface area contributed by atoms with E-state index in [1.165, 1.54) is 6.42 Å². The van der Waals surface area contributed by atoms with Gasteiger partial charge in [-0.25, -0.2) is 4.39 Å². The molecule has 6 aliphatic rings. The van der Waals surface area contributed by atoms with Crippen molar-refractivity contribution in [1.82, 2.24) is 0 Å². The summed E-state index contributed by atoms with van der Waals surface area (Å²) in [6.45, 7) is 0. The predicted molar refractivity (Wildman–Crippen MR) is 55.7 cm³/mol. The molecule has 0 aromatic carbocycles. The van der Waals surface area contributed by atoms with Crippen molar-refractivity contribution in [2.24, 2.45) is 41.4 Å². The Hall–Kier alpha value is 0.330. The molecule has 3 heteroatoms. The van der Waals surface area contributed by atoms with E-state index in [-0.39, 0.29) is 21.7 Å². The van der Waals surface area contributed by atoms with E-state index < -0.39 is 5.67 Å². The summed E-state index contributed by atoms with van der Waals surface area (Å²) in [5, 5.41) is 0. The van der Waals surface area contributed by atoms with Gasteiger partial charge in [0.25, 0.3) is 0 Å². The molecule has 14 heavy (non-hydrogen) atoms. The van der Waals surface area contributed by atoms with Gasteiger partial charge in [0.15, 0.2) is 0 Å². The lowest BCUT2D eigenvalue weighted by molar-refractivity contribution is -0.122. The van der Waals surface area contributed by atoms with Gasteiger partial charge in [-0.1, -0.05) is 22.6 Å². The van der Waals surface area contributed by atoms with Gasteiger partial charge in [-0.2, -0.15) is 0 Å². The van der Waals surface area contributed by atoms with Crippen LogP contribution in [0.3, 0.4) is 0 Å². The van der Waals surface area contributed by atoms with Gasteiger partial charge in [0.05, 0.1) is 5.92 Å². The molecule has 6 fully saturated rings. The monoisotopic (exact) mass is 304 g/mol. The first kappa shape index (κ1) is 7.58. The first-order valence-electron chi connectivity index (χ1n) is 5.54. The van der Waals surface area contributed by atoms with Crippen LogP contribution in [0.4, 0.5) is 4.39 Å². The Kier molecular flexibility index (Phi) is 0.931. The smallest absolute Gasteiger partial charge is 0.143 e. The second kappa shape index (κ2) is 1.72. The number of halogens is 2. The van der Waals surface area contributed by atoms with Crippen LogP contribution in [-0.2, 0) is 4.79 Å². The molecule has 0 N–H and O–H groups in total. The fourth-order valence-electron chi connectivity index (χ4n) is 6.14. The number of hydrogen-bond acceptors (Lipinski definition) is 1. The third-order valence-electron chi connectivity index (χ3n) is 6.06. The summed E-state index contributed by atoms with van der Waals surface area (Å²) in [5.74, 6) is 2.71. The van der Waals surface area contributed by atoms with Crippen LogP contribution in [0, 0.1) is 41.4 Å². The van der Waals surface area contributed by atoms with Crippen molar-refractivity contribution in [1.29, 1.82) is 0 Å². The number of ketones is 1. The Labute approximate surface area is 94.9 Å². The molecule has 0 heterocycles. The molecule has 0 radical (unpaired) electrons. The minimum absolute atomic E-state index is 0.155. The highest BCUT2D eigenvalue weighted by Gasteiger charge is 2.90. The number of carbonyl (C=O) groups excluding carboxylic acids is 1. The fraction of sp³-hybridized carbons (Fsp3) is 0.909. The highest BCUT2D eigenvalue weighted by Crippen LogP contribution is 2.84. The Balaban J connectivity index is 1.92. The average Bonchev–Trinajstić information content (AvgIpc) is 2.81. The predicted octanol–water partition coefficient (Wildman–Crippen LogP) is 1.84. The minimum atomic E-state index is -1.06.